The van der Waals surface area contributed by atoms with Crippen LogP contribution in [0.25, 0.3) is 0 Å². The van der Waals surface area contributed by atoms with Crippen molar-refractivity contribution in [3.8, 4) is 0 Å². The molecule has 1 heterocycles. The fourth-order valence-electron chi connectivity index (χ4n) is 1.36. The lowest BCUT2D eigenvalue weighted by Gasteiger charge is -2.13. The third-order valence-electron chi connectivity index (χ3n) is 2.65. The zero-order valence-corrected chi connectivity index (χ0v) is 9.53. The first-order valence-electron chi connectivity index (χ1n) is 5.36. The second-order valence-electron chi connectivity index (χ2n) is 3.86. The maximum Gasteiger partial charge on any atom is 0.255 e. The van der Waals surface area contributed by atoms with E-state index in [0.29, 0.717) is 5.69 Å². The number of aromatic nitrogens is 2. The molecule has 3 N–H and O–H groups in total. The van der Waals surface area contributed by atoms with Gasteiger partial charge in [0.25, 0.3) is 6.43 Å². The predicted molar refractivity (Wildman–Crippen MR) is 58.0 cm³/mol. The van der Waals surface area contributed by atoms with E-state index in [4.69, 9.17) is 5.84 Å². The standard InChI is InChI=1S/C10H18F2N4/c1-3-7(2)16-5-4-8(15-16)6-9(14-13)10(11)12/h4-5,7,9-10,14H,3,6,13H2,1-2H3. The number of nitrogens with zero attached hydrogens (tertiary/aromatic N) is 2. The predicted octanol–water partition coefficient (Wildman–Crippen LogP) is 1.49. The summed E-state index contributed by atoms with van der Waals surface area (Å²) in [4.78, 5) is 0. The number of alkyl halides is 2. The minimum atomic E-state index is -2.49. The van der Waals surface area contributed by atoms with E-state index in [1.54, 1.807) is 10.7 Å². The molecule has 0 spiro atoms. The first kappa shape index (κ1) is 13.1. The maximum atomic E-state index is 12.4. The molecule has 0 bridgehead atoms. The minimum Gasteiger partial charge on any atom is -0.271 e. The van der Waals surface area contributed by atoms with Crippen molar-refractivity contribution >= 4 is 0 Å². The Hall–Kier alpha value is -1.01. The number of hydrazine groups is 1. The molecular weight excluding hydrogens is 214 g/mol. The van der Waals surface area contributed by atoms with Gasteiger partial charge in [0.15, 0.2) is 0 Å². The van der Waals surface area contributed by atoms with E-state index in [9.17, 15) is 8.78 Å². The summed E-state index contributed by atoms with van der Waals surface area (Å²) in [7, 11) is 0. The van der Waals surface area contributed by atoms with Crippen LogP contribution in [0.15, 0.2) is 12.3 Å². The molecule has 4 nitrogen and oxygen atoms in total. The van der Waals surface area contributed by atoms with E-state index in [-0.39, 0.29) is 12.5 Å². The smallest absolute Gasteiger partial charge is 0.255 e. The van der Waals surface area contributed by atoms with E-state index >= 15 is 0 Å². The molecule has 6 heteroatoms. The molecule has 1 aromatic rings. The van der Waals surface area contributed by atoms with Gasteiger partial charge in [0.2, 0.25) is 0 Å². The number of nitrogens with one attached hydrogen (secondary N) is 1. The summed E-state index contributed by atoms with van der Waals surface area (Å²) >= 11 is 0. The summed E-state index contributed by atoms with van der Waals surface area (Å²) in [6.07, 6.45) is 0.410. The normalized spacial score (nSPS) is 15.4. The van der Waals surface area contributed by atoms with Crippen molar-refractivity contribution in [2.24, 2.45) is 5.84 Å². The Bertz CT molecular complexity index is 314. The molecule has 1 aromatic heterocycles. The number of hydrogen-bond acceptors (Lipinski definition) is 3. The second-order valence-corrected chi connectivity index (χ2v) is 3.86. The molecule has 0 saturated carbocycles. The van der Waals surface area contributed by atoms with Gasteiger partial charge in [-0.15, -0.1) is 0 Å². The van der Waals surface area contributed by atoms with Crippen LogP contribution in [0.1, 0.15) is 32.0 Å². The van der Waals surface area contributed by atoms with Gasteiger partial charge in [0.1, 0.15) is 0 Å². The van der Waals surface area contributed by atoms with Gasteiger partial charge in [-0.25, -0.2) is 8.78 Å². The summed E-state index contributed by atoms with van der Waals surface area (Å²) in [5.74, 6) is 5.05. The van der Waals surface area contributed by atoms with Gasteiger partial charge in [-0.1, -0.05) is 6.92 Å². The molecule has 16 heavy (non-hydrogen) atoms. The van der Waals surface area contributed by atoms with Crippen molar-refractivity contribution in [1.29, 1.82) is 0 Å². The minimum absolute atomic E-state index is 0.137. The van der Waals surface area contributed by atoms with Crippen molar-refractivity contribution in [3.63, 3.8) is 0 Å². The van der Waals surface area contributed by atoms with Crippen LogP contribution in [0.5, 0.6) is 0 Å². The number of rotatable bonds is 6. The number of hydrogen-bond donors (Lipinski definition) is 2. The van der Waals surface area contributed by atoms with Gasteiger partial charge in [-0.2, -0.15) is 5.10 Å². The first-order chi connectivity index (χ1) is 7.58. The van der Waals surface area contributed by atoms with E-state index in [2.05, 4.69) is 17.4 Å². The highest BCUT2D eigenvalue weighted by Gasteiger charge is 2.20. The van der Waals surface area contributed by atoms with E-state index in [0.717, 1.165) is 6.42 Å². The van der Waals surface area contributed by atoms with Crippen LogP contribution >= 0.6 is 0 Å². The van der Waals surface area contributed by atoms with Crippen molar-refractivity contribution in [2.45, 2.75) is 45.2 Å². The Morgan fingerprint density at radius 1 is 1.56 bits per heavy atom. The zero-order valence-electron chi connectivity index (χ0n) is 9.53. The Kier molecular flexibility index (Phi) is 4.82. The lowest BCUT2D eigenvalue weighted by molar-refractivity contribution is 0.0979. The number of halogens is 2. The van der Waals surface area contributed by atoms with Gasteiger partial charge >= 0.3 is 0 Å². The molecule has 0 amide bonds. The molecule has 2 unspecified atom stereocenters. The molecule has 1 rings (SSSR count). The molecule has 0 aliphatic rings. The Morgan fingerprint density at radius 2 is 2.25 bits per heavy atom. The van der Waals surface area contributed by atoms with Gasteiger partial charge < -0.3 is 0 Å². The van der Waals surface area contributed by atoms with Crippen LogP contribution in [0.4, 0.5) is 8.78 Å². The molecule has 92 valence electrons. The highest BCUT2D eigenvalue weighted by Crippen LogP contribution is 2.12. The summed E-state index contributed by atoms with van der Waals surface area (Å²) < 4.78 is 26.7. The van der Waals surface area contributed by atoms with Crippen LogP contribution in [-0.2, 0) is 6.42 Å². The Balaban J connectivity index is 2.64. The van der Waals surface area contributed by atoms with Crippen molar-refractivity contribution in [1.82, 2.24) is 15.2 Å². The van der Waals surface area contributed by atoms with E-state index < -0.39 is 12.5 Å². The van der Waals surface area contributed by atoms with E-state index in [1.165, 1.54) is 0 Å². The summed E-state index contributed by atoms with van der Waals surface area (Å²) in [6, 6.07) is 0.990. The highest BCUT2D eigenvalue weighted by molar-refractivity contribution is 5.02. The molecule has 0 aromatic carbocycles. The monoisotopic (exact) mass is 232 g/mol. The van der Waals surface area contributed by atoms with Gasteiger partial charge in [-0.3, -0.25) is 16.0 Å². The fourth-order valence-corrected chi connectivity index (χ4v) is 1.36. The average Bonchev–Trinajstić information content (AvgIpc) is 2.72. The van der Waals surface area contributed by atoms with Crippen LogP contribution in [-0.4, -0.2) is 22.2 Å². The highest BCUT2D eigenvalue weighted by atomic mass is 19.3. The molecular formula is C10H18F2N4. The van der Waals surface area contributed by atoms with E-state index in [1.807, 2.05) is 13.1 Å². The third kappa shape index (κ3) is 3.24. The second kappa shape index (κ2) is 5.91. The molecule has 0 radical (unpaired) electrons. The van der Waals surface area contributed by atoms with Crippen LogP contribution in [0, 0.1) is 0 Å². The SMILES string of the molecule is CCC(C)n1ccc(CC(NN)C(F)F)n1. The van der Waals surface area contributed by atoms with Crippen LogP contribution in [0.2, 0.25) is 0 Å². The Labute approximate surface area is 93.8 Å². The van der Waals surface area contributed by atoms with Crippen LogP contribution < -0.4 is 11.3 Å². The molecule has 2 atom stereocenters. The zero-order chi connectivity index (χ0) is 12.1. The summed E-state index contributed by atoms with van der Waals surface area (Å²) in [5.41, 5.74) is 2.73. The van der Waals surface area contributed by atoms with Gasteiger partial charge in [0, 0.05) is 18.7 Å². The van der Waals surface area contributed by atoms with Crippen molar-refractivity contribution < 1.29 is 8.78 Å². The Morgan fingerprint density at radius 3 is 2.75 bits per heavy atom. The fraction of sp³-hybridized carbons (Fsp3) is 0.700. The lowest BCUT2D eigenvalue weighted by Crippen LogP contribution is -2.42. The summed E-state index contributed by atoms with van der Waals surface area (Å²) in [6.45, 7) is 4.08. The van der Waals surface area contributed by atoms with Crippen molar-refractivity contribution in [2.75, 3.05) is 0 Å². The lowest BCUT2D eigenvalue weighted by atomic mass is 10.2. The quantitative estimate of drug-likeness (QED) is 0.577. The molecule has 0 fully saturated rings. The molecule has 0 aliphatic heterocycles. The first-order valence-corrected chi connectivity index (χ1v) is 5.36. The maximum absolute atomic E-state index is 12.4. The molecule has 0 saturated heterocycles. The third-order valence-corrected chi connectivity index (χ3v) is 2.65. The van der Waals surface area contributed by atoms with Crippen molar-refractivity contribution in [3.05, 3.63) is 18.0 Å². The topological polar surface area (TPSA) is 55.9 Å². The average molecular weight is 232 g/mol. The van der Waals surface area contributed by atoms with Crippen LogP contribution in [0.3, 0.4) is 0 Å². The van der Waals surface area contributed by atoms with Gasteiger partial charge in [-0.05, 0) is 19.4 Å². The van der Waals surface area contributed by atoms with Gasteiger partial charge in [0.05, 0.1) is 11.7 Å². The largest absolute Gasteiger partial charge is 0.271 e. The summed E-state index contributed by atoms with van der Waals surface area (Å²) in [5, 5.41) is 4.24. The number of nitrogens with two attached hydrogens (primary N) is 1. The molecule has 0 aliphatic carbocycles.